The molecule has 115 heavy (non-hydrogen) atoms. The smallest absolute Gasteiger partial charge is 0.256 e. The number of para-hydroxylation sites is 2. The molecule has 0 saturated carbocycles. The standard InChI is InChI=1S/C107H79BN4OSi2/c1-107(2,3)79-58-64-99-92(68-79)91-65-73(72-109)57-63-98(91)111(99)81-60-62-94-101(70-81)113-102-71-103(114(82-41-17-7-18-42-82,83-43-19-8-20-44-83)86-49-31-39-77(66-86)74-33-11-4-12-34-74)106(115(84-45-21-9-22-46-84,85-47-23-10-24-48-85)87-50-32-40-78(67-87)75-35-13-5-14-36-75)105-104(102)108(94)93-61-59-80(110-96-55-29-26-52-89(96)90-53-27-30-56-97(90)110)69-100(93)112(105)95-54-28-25-51-88(95)76-37-15-6-16-38-76/h4-71,89,96H,1-3H3. The van der Waals surface area contributed by atoms with E-state index in [1.807, 2.05) is 6.07 Å². The molecule has 1 aliphatic carbocycles. The minimum atomic E-state index is -4.04. The highest BCUT2D eigenvalue weighted by molar-refractivity contribution is 7.27. The average Bonchev–Trinajstić information content (AvgIpc) is 1.65. The van der Waals surface area contributed by atoms with Crippen LogP contribution in [-0.2, 0) is 5.41 Å². The van der Waals surface area contributed by atoms with Crippen LogP contribution in [0.1, 0.15) is 43.4 Å². The fourth-order valence-electron chi connectivity index (χ4n) is 19.7. The molecule has 544 valence electrons. The Morgan fingerprint density at radius 2 is 0.878 bits per heavy atom. The van der Waals surface area contributed by atoms with Gasteiger partial charge in [0.15, 0.2) is 16.1 Å². The fourth-order valence-corrected chi connectivity index (χ4v) is 30.8. The lowest BCUT2D eigenvalue weighted by atomic mass is 9.34. The van der Waals surface area contributed by atoms with E-state index in [1.165, 1.54) is 58.3 Å². The second-order valence-electron chi connectivity index (χ2n) is 32.0. The summed E-state index contributed by atoms with van der Waals surface area (Å²) < 4.78 is 10.8. The molecule has 0 spiro atoms. The number of rotatable bonds is 14. The molecule has 0 N–H and O–H groups in total. The van der Waals surface area contributed by atoms with Crippen LogP contribution >= 0.6 is 0 Å². The SMILES string of the molecule is CC(C)(C)c1ccc2c(c1)c1cc(C#N)ccc1n2-c1ccc2c(c1)Oc1cc([Si](c3ccccc3)(c3ccccc3)c3cccc(-c4ccccc4)c3)c([Si](c3ccccc3)(c3ccccc3)c3cccc(-c4ccccc4)c3)c3c1B2c1ccc(N2c4ccccc4C4C=CC=CC42)cc1N3c1ccccc1-c1ccccc1. The fraction of sp³-hybridized carbons (Fsp3) is 0.0561. The van der Waals surface area contributed by atoms with Gasteiger partial charge >= 0.3 is 0 Å². The number of aromatic nitrogens is 1. The van der Waals surface area contributed by atoms with Crippen molar-refractivity contribution in [2.24, 2.45) is 0 Å². The molecular weight excluding hydrogens is 1420 g/mol. The predicted octanol–water partition coefficient (Wildman–Crippen LogP) is 18.8. The highest BCUT2D eigenvalue weighted by atomic mass is 28.3. The van der Waals surface area contributed by atoms with Crippen LogP contribution in [0, 0.1) is 11.3 Å². The molecule has 3 aliphatic heterocycles. The van der Waals surface area contributed by atoms with Gasteiger partial charge in [-0.2, -0.15) is 5.26 Å². The van der Waals surface area contributed by atoms with Crippen molar-refractivity contribution < 1.29 is 4.74 Å². The molecule has 2 unspecified atom stereocenters. The van der Waals surface area contributed by atoms with E-state index >= 15 is 0 Å². The van der Waals surface area contributed by atoms with Crippen LogP contribution in [0.25, 0.3) is 60.9 Å². The van der Waals surface area contributed by atoms with Gasteiger partial charge < -0.3 is 19.1 Å². The summed E-state index contributed by atoms with van der Waals surface area (Å²) in [5.74, 6) is 1.73. The third-order valence-corrected chi connectivity index (χ3v) is 34.7. The van der Waals surface area contributed by atoms with E-state index in [0.29, 0.717) is 5.56 Å². The second-order valence-corrected chi connectivity index (χ2v) is 39.5. The summed E-state index contributed by atoms with van der Waals surface area (Å²) in [4.78, 5) is 5.38. The van der Waals surface area contributed by atoms with Crippen LogP contribution in [0.3, 0.4) is 0 Å². The number of hydrogen-bond acceptors (Lipinski definition) is 4. The number of benzene rings is 16. The third kappa shape index (κ3) is 11.1. The zero-order chi connectivity index (χ0) is 76.9. The minimum absolute atomic E-state index is 0.0212. The van der Waals surface area contributed by atoms with Crippen LogP contribution in [0.4, 0.5) is 28.4 Å². The van der Waals surface area contributed by atoms with Crippen LogP contribution in [0.2, 0.25) is 0 Å². The van der Waals surface area contributed by atoms with Gasteiger partial charge in [-0.15, -0.1) is 0 Å². The summed E-state index contributed by atoms with van der Waals surface area (Å²) in [6.45, 7) is 6.41. The number of fused-ring (bicyclic) bond motifs is 10. The molecule has 4 heterocycles. The lowest BCUT2D eigenvalue weighted by Crippen LogP contribution is -2.86. The van der Waals surface area contributed by atoms with E-state index in [0.717, 1.165) is 112 Å². The highest BCUT2D eigenvalue weighted by Crippen LogP contribution is 2.51. The Balaban J connectivity index is 0.988. The van der Waals surface area contributed by atoms with Gasteiger partial charge in [0, 0.05) is 56.8 Å². The highest BCUT2D eigenvalue weighted by Gasteiger charge is 2.56. The first kappa shape index (κ1) is 69.2. The number of nitrogens with zero attached hydrogens (tertiary/aromatic N) is 4. The van der Waals surface area contributed by atoms with Gasteiger partial charge in [-0.25, -0.2) is 0 Å². The van der Waals surface area contributed by atoms with Gasteiger partial charge in [-0.05, 0) is 169 Å². The topological polar surface area (TPSA) is 44.4 Å². The Bertz CT molecular complexity index is 6700. The van der Waals surface area contributed by atoms with Crippen LogP contribution in [-0.4, -0.2) is 33.5 Å². The number of hydrogen-bond donors (Lipinski definition) is 0. The first-order chi connectivity index (χ1) is 56.6. The maximum Gasteiger partial charge on any atom is 0.256 e. The van der Waals surface area contributed by atoms with Crippen molar-refractivity contribution in [3.8, 4) is 56.6 Å². The molecule has 16 aromatic carbocycles. The molecule has 0 fully saturated rings. The summed E-state index contributed by atoms with van der Waals surface area (Å²) in [5, 5.41) is 22.7. The molecule has 1 aromatic heterocycles. The van der Waals surface area contributed by atoms with Gasteiger partial charge in [0.05, 0.1) is 34.4 Å². The van der Waals surface area contributed by atoms with Crippen LogP contribution in [0.15, 0.2) is 413 Å². The van der Waals surface area contributed by atoms with Gasteiger partial charge in [-0.1, -0.05) is 361 Å². The molecule has 0 radical (unpaired) electrons. The number of nitriles is 1. The molecule has 21 rings (SSSR count). The summed E-state index contributed by atoms with van der Waals surface area (Å²) in [7, 11) is -7.99. The molecule has 4 aliphatic rings. The molecule has 0 bridgehead atoms. The van der Waals surface area contributed by atoms with E-state index in [-0.39, 0.29) is 17.4 Å². The Morgan fingerprint density at radius 1 is 0.383 bits per heavy atom. The van der Waals surface area contributed by atoms with Gasteiger partial charge in [0.2, 0.25) is 0 Å². The van der Waals surface area contributed by atoms with Gasteiger partial charge in [0.25, 0.3) is 6.71 Å². The number of anilines is 5. The Kier molecular flexibility index (Phi) is 16.7. The molecular formula is C107H79BN4OSi2. The summed E-state index contributed by atoms with van der Waals surface area (Å²) >= 11 is 0. The van der Waals surface area contributed by atoms with Crippen molar-refractivity contribution in [3.05, 3.63) is 429 Å². The molecule has 8 heteroatoms. The zero-order valence-corrected chi connectivity index (χ0v) is 66.2. The first-order valence-electron chi connectivity index (χ1n) is 40.0. The summed E-state index contributed by atoms with van der Waals surface area (Å²) in [5.41, 5.74) is 21.8. The number of ether oxygens (including phenoxy) is 1. The normalized spacial score (nSPS) is 14.5. The van der Waals surface area contributed by atoms with Crippen molar-refractivity contribution in [2.75, 3.05) is 9.80 Å². The lowest BCUT2D eigenvalue weighted by Gasteiger charge is -2.49. The van der Waals surface area contributed by atoms with Crippen molar-refractivity contribution in [1.82, 2.24) is 4.57 Å². The van der Waals surface area contributed by atoms with E-state index in [4.69, 9.17) is 4.74 Å². The lowest BCUT2D eigenvalue weighted by molar-refractivity contribution is 0.488. The Labute approximate surface area is 674 Å². The van der Waals surface area contributed by atoms with Gasteiger partial charge in [-0.3, -0.25) is 0 Å². The van der Waals surface area contributed by atoms with Crippen LogP contribution in [0.5, 0.6) is 11.5 Å². The summed E-state index contributed by atoms with van der Waals surface area (Å²) in [6.07, 6.45) is 9.26. The second kappa shape index (κ2) is 27.8. The Hall–Kier alpha value is -13.8. The summed E-state index contributed by atoms with van der Waals surface area (Å²) in [6, 6.07) is 150. The van der Waals surface area contributed by atoms with Gasteiger partial charge in [0.1, 0.15) is 11.5 Å². The van der Waals surface area contributed by atoms with E-state index in [1.54, 1.807) is 0 Å². The van der Waals surface area contributed by atoms with Crippen molar-refractivity contribution in [2.45, 2.75) is 38.1 Å². The third-order valence-electron chi connectivity index (χ3n) is 24.8. The quantitative estimate of drug-likeness (QED) is 0.0804. The monoisotopic (exact) mass is 1500 g/mol. The average molecular weight is 1500 g/mol. The molecule has 5 nitrogen and oxygen atoms in total. The van der Waals surface area contributed by atoms with E-state index < -0.39 is 22.9 Å². The number of allylic oxidation sites excluding steroid dienone is 2. The van der Waals surface area contributed by atoms with E-state index in [9.17, 15) is 5.26 Å². The molecule has 0 saturated heterocycles. The van der Waals surface area contributed by atoms with Crippen LogP contribution < -0.4 is 72.4 Å². The van der Waals surface area contributed by atoms with Crippen molar-refractivity contribution >= 4 is 131 Å². The van der Waals surface area contributed by atoms with Crippen molar-refractivity contribution in [3.63, 3.8) is 0 Å². The first-order valence-corrected chi connectivity index (χ1v) is 44.0. The maximum absolute atomic E-state index is 10.6. The molecule has 2 atom stereocenters. The minimum Gasteiger partial charge on any atom is -0.458 e. The van der Waals surface area contributed by atoms with Crippen molar-refractivity contribution in [1.29, 1.82) is 5.26 Å². The molecule has 0 amide bonds. The van der Waals surface area contributed by atoms with E-state index in [2.05, 4.69) is 448 Å². The predicted molar refractivity (Wildman–Crippen MR) is 487 cm³/mol. The Morgan fingerprint density at radius 3 is 1.49 bits per heavy atom. The largest absolute Gasteiger partial charge is 0.458 e. The molecule has 17 aromatic rings. The zero-order valence-electron chi connectivity index (χ0n) is 64.2. The maximum atomic E-state index is 10.6.